The lowest BCUT2D eigenvalue weighted by molar-refractivity contribution is -0.363. The summed E-state index contributed by atoms with van der Waals surface area (Å²) >= 11 is 0. The molecule has 1 rings (SSSR count). The van der Waals surface area contributed by atoms with Crippen LogP contribution in [-0.2, 0) is 27.5 Å². The molecule has 7 heteroatoms. The minimum absolute atomic E-state index is 0.0254. The van der Waals surface area contributed by atoms with Crippen LogP contribution in [0.1, 0.15) is 13.8 Å². The number of hydrogen-bond donors (Lipinski definition) is 0. The Balaban J connectivity index is 3.04. The molecule has 0 radical (unpaired) electrons. The van der Waals surface area contributed by atoms with Crippen LogP contribution in [0.15, 0.2) is 30.3 Å². The summed E-state index contributed by atoms with van der Waals surface area (Å²) in [5, 5.41) is 0.885. The summed E-state index contributed by atoms with van der Waals surface area (Å²) in [6.07, 6.45) is 0. The van der Waals surface area contributed by atoms with Crippen molar-refractivity contribution in [2.24, 2.45) is 0 Å². The fraction of sp³-hybridized carbons (Fsp3) is 0.600. The van der Waals surface area contributed by atoms with Gasteiger partial charge in [-0.25, -0.2) is 0 Å². The Bertz CT molecular complexity index is 395. The van der Waals surface area contributed by atoms with Gasteiger partial charge in [0, 0.05) is 39.7 Å². The van der Waals surface area contributed by atoms with E-state index in [-0.39, 0.29) is 6.61 Å². The molecule has 0 saturated heterocycles. The Hall–Kier alpha value is -0.803. The molecule has 0 saturated carbocycles. The molecule has 1 aromatic rings. The van der Waals surface area contributed by atoms with Crippen LogP contribution >= 0.6 is 0 Å². The number of ether oxygens (including phenoxy) is 3. The first kappa shape index (κ1) is 19.2. The van der Waals surface area contributed by atoms with Gasteiger partial charge in [-0.15, -0.1) is 0 Å². The molecule has 0 atom stereocenters. The molecule has 0 amide bonds. The fourth-order valence-corrected chi connectivity index (χ4v) is 4.49. The van der Waals surface area contributed by atoms with E-state index in [2.05, 4.69) is 0 Å². The first-order chi connectivity index (χ1) is 10.6. The van der Waals surface area contributed by atoms with E-state index in [1.807, 2.05) is 44.2 Å². The van der Waals surface area contributed by atoms with Crippen molar-refractivity contribution >= 4 is 14.0 Å². The highest BCUT2D eigenvalue weighted by atomic mass is 28.4. The van der Waals surface area contributed by atoms with Crippen LogP contribution in [0.5, 0.6) is 0 Å². The first-order valence-corrected chi connectivity index (χ1v) is 8.97. The van der Waals surface area contributed by atoms with Gasteiger partial charge in [-0.1, -0.05) is 30.3 Å². The van der Waals surface area contributed by atoms with Crippen molar-refractivity contribution in [1.29, 1.82) is 0 Å². The van der Waals surface area contributed by atoms with E-state index in [0.717, 1.165) is 5.19 Å². The zero-order chi connectivity index (χ0) is 16.5. The van der Waals surface area contributed by atoms with Gasteiger partial charge in [0.1, 0.15) is 6.61 Å². The van der Waals surface area contributed by atoms with E-state index in [1.165, 1.54) is 21.3 Å². The van der Waals surface area contributed by atoms with Crippen molar-refractivity contribution in [3.8, 4) is 0 Å². The monoisotopic (exact) mass is 330 g/mol. The van der Waals surface area contributed by atoms with Crippen LogP contribution in [0.4, 0.5) is 0 Å². The Kier molecular flexibility index (Phi) is 8.19. The molecule has 0 spiro atoms. The Labute approximate surface area is 133 Å². The van der Waals surface area contributed by atoms with Crippen LogP contribution in [0, 0.1) is 0 Å². The Morgan fingerprint density at radius 3 is 1.73 bits per heavy atom. The van der Waals surface area contributed by atoms with Crippen LogP contribution < -0.4 is 5.19 Å². The maximum absolute atomic E-state index is 6.05. The maximum Gasteiger partial charge on any atom is 0.537 e. The largest absolute Gasteiger partial charge is 0.537 e. The molecule has 0 aromatic heterocycles. The molecular weight excluding hydrogens is 304 g/mol. The van der Waals surface area contributed by atoms with Gasteiger partial charge in [-0.05, 0) is 13.8 Å². The van der Waals surface area contributed by atoms with Crippen molar-refractivity contribution in [3.63, 3.8) is 0 Å². The minimum Gasteiger partial charge on any atom is -0.370 e. The first-order valence-electron chi connectivity index (χ1n) is 7.24. The van der Waals surface area contributed by atoms with Crippen molar-refractivity contribution in [3.05, 3.63) is 30.3 Å². The standard InChI is InChI=1S/C15H26O6Si/c1-6-19-22(20-7-2,14-11-9-8-10-12-14)21-13-15(16-3,17-4)18-5/h8-12H,6-7,13H2,1-5H3. The molecule has 0 N–H and O–H groups in total. The molecular formula is C15H26O6Si. The lowest BCUT2D eigenvalue weighted by Crippen LogP contribution is -2.59. The average molecular weight is 330 g/mol. The zero-order valence-electron chi connectivity index (χ0n) is 14.0. The van der Waals surface area contributed by atoms with Crippen molar-refractivity contribution in [2.75, 3.05) is 41.2 Å². The van der Waals surface area contributed by atoms with Crippen molar-refractivity contribution < 1.29 is 27.5 Å². The van der Waals surface area contributed by atoms with Gasteiger partial charge in [0.15, 0.2) is 0 Å². The van der Waals surface area contributed by atoms with E-state index in [4.69, 9.17) is 27.5 Å². The fourth-order valence-electron chi connectivity index (χ4n) is 2.01. The molecule has 1 aromatic carbocycles. The molecule has 0 aliphatic heterocycles. The quantitative estimate of drug-likeness (QED) is 0.453. The molecule has 0 aliphatic carbocycles. The molecule has 22 heavy (non-hydrogen) atoms. The highest BCUT2D eigenvalue weighted by Gasteiger charge is 2.46. The molecule has 6 nitrogen and oxygen atoms in total. The third-order valence-electron chi connectivity index (χ3n) is 3.17. The van der Waals surface area contributed by atoms with Gasteiger partial charge >= 0.3 is 14.8 Å². The second-order valence-corrected chi connectivity index (χ2v) is 6.93. The van der Waals surface area contributed by atoms with Crippen molar-refractivity contribution in [1.82, 2.24) is 0 Å². The van der Waals surface area contributed by atoms with E-state index < -0.39 is 14.8 Å². The van der Waals surface area contributed by atoms with E-state index >= 15 is 0 Å². The van der Waals surface area contributed by atoms with Crippen LogP contribution in [0.2, 0.25) is 0 Å². The summed E-state index contributed by atoms with van der Waals surface area (Å²) < 4.78 is 33.7. The highest BCUT2D eigenvalue weighted by Crippen LogP contribution is 2.18. The third kappa shape index (κ3) is 4.59. The summed E-state index contributed by atoms with van der Waals surface area (Å²) in [6.45, 7) is 4.78. The molecule has 126 valence electrons. The molecule has 0 aliphatic rings. The highest BCUT2D eigenvalue weighted by molar-refractivity contribution is 6.75. The predicted molar refractivity (Wildman–Crippen MR) is 84.8 cm³/mol. The molecule has 0 bridgehead atoms. The van der Waals surface area contributed by atoms with E-state index in [9.17, 15) is 0 Å². The SMILES string of the molecule is CCO[Si](OCC)(OCC(OC)(OC)OC)c1ccccc1. The predicted octanol–water partition coefficient (Wildman–Crippen LogP) is 1.52. The number of benzene rings is 1. The van der Waals surface area contributed by atoms with E-state index in [0.29, 0.717) is 13.2 Å². The number of hydrogen-bond acceptors (Lipinski definition) is 6. The van der Waals surface area contributed by atoms with Gasteiger partial charge in [-0.2, -0.15) is 0 Å². The van der Waals surface area contributed by atoms with Gasteiger partial charge in [0.05, 0.1) is 0 Å². The van der Waals surface area contributed by atoms with Crippen LogP contribution in [-0.4, -0.2) is 55.9 Å². The topological polar surface area (TPSA) is 55.4 Å². The van der Waals surface area contributed by atoms with Gasteiger partial charge in [0.2, 0.25) is 0 Å². The lowest BCUT2D eigenvalue weighted by atomic mass is 10.4. The lowest BCUT2D eigenvalue weighted by Gasteiger charge is -2.34. The summed E-state index contributed by atoms with van der Waals surface area (Å²) in [5.41, 5.74) is 0. The molecule has 0 fully saturated rings. The number of methoxy groups -OCH3 is 3. The molecule has 0 unspecified atom stereocenters. The van der Waals surface area contributed by atoms with Gasteiger partial charge in [0.25, 0.3) is 0 Å². The maximum atomic E-state index is 6.05. The Morgan fingerprint density at radius 1 is 0.818 bits per heavy atom. The summed E-state index contributed by atoms with van der Waals surface area (Å²) in [7, 11) is 1.40. The van der Waals surface area contributed by atoms with Crippen molar-refractivity contribution in [2.45, 2.75) is 19.8 Å². The van der Waals surface area contributed by atoms with Crippen LogP contribution in [0.3, 0.4) is 0 Å². The van der Waals surface area contributed by atoms with Gasteiger partial charge in [-0.3, -0.25) is 0 Å². The summed E-state index contributed by atoms with van der Waals surface area (Å²) in [5.74, 6) is -1.29. The summed E-state index contributed by atoms with van der Waals surface area (Å²) in [6, 6.07) is 9.66. The summed E-state index contributed by atoms with van der Waals surface area (Å²) in [4.78, 5) is 0. The molecule has 0 heterocycles. The minimum atomic E-state index is -3.07. The second kappa shape index (κ2) is 9.36. The van der Waals surface area contributed by atoms with E-state index in [1.54, 1.807) is 0 Å². The van der Waals surface area contributed by atoms with Crippen LogP contribution in [0.25, 0.3) is 0 Å². The smallest absolute Gasteiger partial charge is 0.370 e. The van der Waals surface area contributed by atoms with Gasteiger partial charge < -0.3 is 27.5 Å². The second-order valence-electron chi connectivity index (χ2n) is 4.37. The number of rotatable bonds is 11. The zero-order valence-corrected chi connectivity index (χ0v) is 15.0. The third-order valence-corrected chi connectivity index (χ3v) is 6.07. The average Bonchev–Trinajstić information content (AvgIpc) is 2.57. The normalized spacial score (nSPS) is 12.6. The Morgan fingerprint density at radius 2 is 1.32 bits per heavy atom.